The first-order chi connectivity index (χ1) is 12.3. The Labute approximate surface area is 146 Å². The summed E-state index contributed by atoms with van der Waals surface area (Å²) in [6.07, 6.45) is 2.67. The lowest BCUT2D eigenvalue weighted by Gasteiger charge is -2.05. The third-order valence-corrected chi connectivity index (χ3v) is 4.33. The lowest BCUT2D eigenvalue weighted by Crippen LogP contribution is -2.08. The van der Waals surface area contributed by atoms with Crippen LogP contribution in [0.15, 0.2) is 34.9 Å². The largest absolute Gasteiger partial charge is 0.381 e. The SMILES string of the molecule is O=Cc1c(C(=O)CCC2CCOC2)noc1COCc1ccccc1. The fourth-order valence-corrected chi connectivity index (χ4v) is 2.86. The highest BCUT2D eigenvalue weighted by atomic mass is 16.5. The average molecular weight is 343 g/mol. The Morgan fingerprint density at radius 1 is 1.28 bits per heavy atom. The van der Waals surface area contributed by atoms with Crippen LogP contribution in [0.4, 0.5) is 0 Å². The summed E-state index contributed by atoms with van der Waals surface area (Å²) in [6, 6.07) is 9.68. The van der Waals surface area contributed by atoms with Crippen molar-refractivity contribution in [1.82, 2.24) is 5.16 Å². The fourth-order valence-electron chi connectivity index (χ4n) is 2.86. The number of rotatable bonds is 9. The number of hydrogen-bond donors (Lipinski definition) is 0. The van der Waals surface area contributed by atoms with Gasteiger partial charge in [0.2, 0.25) is 0 Å². The molecular weight excluding hydrogens is 322 g/mol. The van der Waals surface area contributed by atoms with Gasteiger partial charge in [0.1, 0.15) is 6.61 Å². The summed E-state index contributed by atoms with van der Waals surface area (Å²) in [4.78, 5) is 23.7. The molecule has 1 aromatic carbocycles. The van der Waals surface area contributed by atoms with Crippen LogP contribution in [-0.4, -0.2) is 30.4 Å². The van der Waals surface area contributed by atoms with Gasteiger partial charge < -0.3 is 14.0 Å². The van der Waals surface area contributed by atoms with E-state index in [9.17, 15) is 9.59 Å². The van der Waals surface area contributed by atoms with Gasteiger partial charge in [-0.2, -0.15) is 0 Å². The standard InChI is InChI=1S/C19H21NO5/c21-10-16-18(13-24-12-14-4-2-1-3-5-14)25-20-19(16)17(22)7-6-15-8-9-23-11-15/h1-5,10,15H,6-9,11-13H2. The summed E-state index contributed by atoms with van der Waals surface area (Å²) >= 11 is 0. The molecule has 1 atom stereocenters. The number of hydrogen-bond acceptors (Lipinski definition) is 6. The quantitative estimate of drug-likeness (QED) is 0.514. The maximum absolute atomic E-state index is 12.3. The molecule has 132 valence electrons. The van der Waals surface area contributed by atoms with E-state index in [2.05, 4.69) is 5.16 Å². The van der Waals surface area contributed by atoms with Gasteiger partial charge in [-0.15, -0.1) is 0 Å². The fraction of sp³-hybridized carbons (Fsp3) is 0.421. The number of aromatic nitrogens is 1. The second-order valence-electron chi connectivity index (χ2n) is 6.16. The van der Waals surface area contributed by atoms with E-state index in [1.165, 1.54) is 0 Å². The van der Waals surface area contributed by atoms with Gasteiger partial charge >= 0.3 is 0 Å². The van der Waals surface area contributed by atoms with Crippen LogP contribution in [0.25, 0.3) is 0 Å². The number of benzene rings is 1. The molecule has 0 spiro atoms. The monoisotopic (exact) mass is 343 g/mol. The second kappa shape index (κ2) is 8.69. The van der Waals surface area contributed by atoms with E-state index in [1.54, 1.807) is 0 Å². The van der Waals surface area contributed by atoms with Crippen molar-refractivity contribution in [3.63, 3.8) is 0 Å². The molecule has 1 aliphatic rings. The molecule has 6 nitrogen and oxygen atoms in total. The van der Waals surface area contributed by atoms with Gasteiger partial charge in [0.15, 0.2) is 23.5 Å². The van der Waals surface area contributed by atoms with Crippen LogP contribution >= 0.6 is 0 Å². The van der Waals surface area contributed by atoms with Crippen molar-refractivity contribution >= 4 is 12.1 Å². The summed E-state index contributed by atoms with van der Waals surface area (Å²) in [5.74, 6) is 0.523. The van der Waals surface area contributed by atoms with Crippen molar-refractivity contribution in [3.05, 3.63) is 52.9 Å². The molecule has 1 fully saturated rings. The van der Waals surface area contributed by atoms with Gasteiger partial charge in [0, 0.05) is 19.6 Å². The lowest BCUT2D eigenvalue weighted by molar-refractivity contribution is 0.0867. The highest BCUT2D eigenvalue weighted by molar-refractivity contribution is 6.01. The van der Waals surface area contributed by atoms with Crippen LogP contribution < -0.4 is 0 Å². The maximum atomic E-state index is 12.3. The Bertz CT molecular complexity index is 704. The van der Waals surface area contributed by atoms with E-state index < -0.39 is 0 Å². The maximum Gasteiger partial charge on any atom is 0.185 e. The summed E-state index contributed by atoms with van der Waals surface area (Å²) in [5, 5.41) is 3.79. The van der Waals surface area contributed by atoms with Crippen molar-refractivity contribution in [2.24, 2.45) is 5.92 Å². The predicted octanol–water partition coefficient (Wildman–Crippen LogP) is 3.20. The van der Waals surface area contributed by atoms with Crippen molar-refractivity contribution in [2.45, 2.75) is 32.5 Å². The third kappa shape index (κ3) is 4.61. The Morgan fingerprint density at radius 2 is 2.12 bits per heavy atom. The van der Waals surface area contributed by atoms with E-state index in [-0.39, 0.29) is 23.6 Å². The molecule has 0 aliphatic carbocycles. The molecule has 1 unspecified atom stereocenters. The molecule has 0 amide bonds. The van der Waals surface area contributed by atoms with E-state index in [4.69, 9.17) is 14.0 Å². The zero-order valence-electron chi connectivity index (χ0n) is 14.0. The molecule has 1 saturated heterocycles. The summed E-state index contributed by atoms with van der Waals surface area (Å²) < 4.78 is 16.0. The first-order valence-corrected chi connectivity index (χ1v) is 8.44. The molecule has 2 heterocycles. The molecule has 1 aromatic heterocycles. The van der Waals surface area contributed by atoms with Crippen molar-refractivity contribution < 1.29 is 23.6 Å². The van der Waals surface area contributed by atoms with Crippen LogP contribution in [0.1, 0.15) is 51.4 Å². The second-order valence-corrected chi connectivity index (χ2v) is 6.16. The van der Waals surface area contributed by atoms with Crippen LogP contribution in [0, 0.1) is 5.92 Å². The molecule has 3 rings (SSSR count). The molecular formula is C19H21NO5. The Kier molecular flexibility index (Phi) is 6.09. The van der Waals surface area contributed by atoms with Crippen LogP contribution in [0.2, 0.25) is 0 Å². The van der Waals surface area contributed by atoms with Crippen LogP contribution in [0.3, 0.4) is 0 Å². The number of carbonyl (C=O) groups excluding carboxylic acids is 2. The number of ether oxygens (including phenoxy) is 2. The van der Waals surface area contributed by atoms with Gasteiger partial charge in [-0.25, -0.2) is 0 Å². The lowest BCUT2D eigenvalue weighted by atomic mass is 9.99. The van der Waals surface area contributed by atoms with E-state index >= 15 is 0 Å². The summed E-state index contributed by atoms with van der Waals surface area (Å²) in [6.45, 7) is 1.95. The van der Waals surface area contributed by atoms with Crippen molar-refractivity contribution in [1.29, 1.82) is 0 Å². The van der Waals surface area contributed by atoms with Gasteiger partial charge in [0.25, 0.3) is 0 Å². The van der Waals surface area contributed by atoms with Gasteiger partial charge in [-0.05, 0) is 24.3 Å². The van der Waals surface area contributed by atoms with E-state index in [0.717, 1.165) is 25.0 Å². The highest BCUT2D eigenvalue weighted by Gasteiger charge is 2.23. The minimum absolute atomic E-state index is 0.0969. The highest BCUT2D eigenvalue weighted by Crippen LogP contribution is 2.21. The van der Waals surface area contributed by atoms with Gasteiger partial charge in [-0.3, -0.25) is 9.59 Å². The molecule has 0 N–H and O–H groups in total. The van der Waals surface area contributed by atoms with Crippen molar-refractivity contribution in [3.8, 4) is 0 Å². The number of nitrogens with zero attached hydrogens (tertiary/aromatic N) is 1. The van der Waals surface area contributed by atoms with Crippen LogP contribution in [-0.2, 0) is 22.7 Å². The first-order valence-electron chi connectivity index (χ1n) is 8.44. The average Bonchev–Trinajstić information content (AvgIpc) is 3.30. The Hall–Kier alpha value is -2.31. The molecule has 1 aliphatic heterocycles. The predicted molar refractivity (Wildman–Crippen MR) is 89.3 cm³/mol. The first kappa shape index (κ1) is 17.5. The minimum Gasteiger partial charge on any atom is -0.381 e. The zero-order valence-corrected chi connectivity index (χ0v) is 14.0. The van der Waals surface area contributed by atoms with Crippen molar-refractivity contribution in [2.75, 3.05) is 13.2 Å². The molecule has 25 heavy (non-hydrogen) atoms. The van der Waals surface area contributed by atoms with Crippen LogP contribution in [0.5, 0.6) is 0 Å². The zero-order chi connectivity index (χ0) is 17.5. The van der Waals surface area contributed by atoms with E-state index in [0.29, 0.717) is 37.6 Å². The Balaban J connectivity index is 1.56. The van der Waals surface area contributed by atoms with Gasteiger partial charge in [-0.1, -0.05) is 35.5 Å². The van der Waals surface area contributed by atoms with Gasteiger partial charge in [0.05, 0.1) is 12.2 Å². The third-order valence-electron chi connectivity index (χ3n) is 4.33. The number of Topliss-reactive ketones (excluding diaryl/α,β-unsaturated/α-hetero) is 1. The molecule has 0 bridgehead atoms. The van der Waals surface area contributed by atoms with E-state index in [1.807, 2.05) is 30.3 Å². The smallest absolute Gasteiger partial charge is 0.185 e. The number of aldehydes is 1. The summed E-state index contributed by atoms with van der Waals surface area (Å²) in [5.41, 5.74) is 1.32. The molecule has 2 aromatic rings. The minimum atomic E-state index is -0.174. The normalized spacial score (nSPS) is 16.9. The summed E-state index contributed by atoms with van der Waals surface area (Å²) in [7, 11) is 0. The molecule has 6 heteroatoms. The Morgan fingerprint density at radius 3 is 2.84 bits per heavy atom. The molecule has 0 radical (unpaired) electrons. The molecule has 0 saturated carbocycles. The number of carbonyl (C=O) groups is 2. The topological polar surface area (TPSA) is 78.6 Å². The number of ketones is 1.